The Bertz CT molecular complexity index is 123. The van der Waals surface area contributed by atoms with Gasteiger partial charge < -0.3 is 5.21 Å². The second-order valence-electron chi connectivity index (χ2n) is 1.98. The highest BCUT2D eigenvalue weighted by Crippen LogP contribution is 2.00. The molecule has 10 heavy (non-hydrogen) atoms. The van der Waals surface area contributed by atoms with E-state index < -0.39 is 0 Å². The summed E-state index contributed by atoms with van der Waals surface area (Å²) in [6, 6.07) is 0. The lowest BCUT2D eigenvalue weighted by Gasteiger charge is -1.96. The highest BCUT2D eigenvalue weighted by molar-refractivity contribution is 9.09. The van der Waals surface area contributed by atoms with Crippen molar-refractivity contribution >= 4 is 21.6 Å². The Hall–Kier alpha value is -0.310. The fourth-order valence-electron chi connectivity index (χ4n) is 0.594. The maximum atomic E-state index is 8.36. The minimum atomic E-state index is 0.653. The van der Waals surface area contributed by atoms with Gasteiger partial charge in [-0.25, -0.2) is 0 Å². The fraction of sp³-hybridized carbons (Fsp3) is 0.571. The monoisotopic (exact) mass is 205 g/mol. The first kappa shape index (κ1) is 9.69. The van der Waals surface area contributed by atoms with Crippen molar-refractivity contribution in [3.8, 4) is 0 Å². The summed E-state index contributed by atoms with van der Waals surface area (Å²) in [7, 11) is 0. The molecular formula is C7H12BrNO. The van der Waals surface area contributed by atoms with Crippen LogP contribution in [-0.4, -0.2) is 16.2 Å². The summed E-state index contributed by atoms with van der Waals surface area (Å²) in [4.78, 5) is 0. The van der Waals surface area contributed by atoms with Crippen molar-refractivity contribution in [3.63, 3.8) is 0 Å². The highest BCUT2D eigenvalue weighted by atomic mass is 79.9. The van der Waals surface area contributed by atoms with Crippen molar-refractivity contribution in [2.24, 2.45) is 5.16 Å². The van der Waals surface area contributed by atoms with Crippen LogP contribution in [0.4, 0.5) is 0 Å². The summed E-state index contributed by atoms with van der Waals surface area (Å²) < 4.78 is 0. The maximum absolute atomic E-state index is 8.36. The van der Waals surface area contributed by atoms with Crippen molar-refractivity contribution < 1.29 is 5.21 Å². The standard InChI is InChI=1S/C7H12BrNO/c1-2-3-4-5-7(6-8)9-10/h2,10H,1,3-6H2/b9-7+. The Morgan fingerprint density at radius 3 is 2.80 bits per heavy atom. The van der Waals surface area contributed by atoms with E-state index in [9.17, 15) is 0 Å². The Morgan fingerprint density at radius 2 is 2.40 bits per heavy atom. The summed E-state index contributed by atoms with van der Waals surface area (Å²) in [5.74, 6) is 0. The van der Waals surface area contributed by atoms with E-state index in [1.165, 1.54) is 0 Å². The molecule has 0 atom stereocenters. The quantitative estimate of drug-likeness (QED) is 0.184. The van der Waals surface area contributed by atoms with E-state index >= 15 is 0 Å². The van der Waals surface area contributed by atoms with Crippen LogP contribution in [-0.2, 0) is 0 Å². The largest absolute Gasteiger partial charge is 0.411 e. The third kappa shape index (κ3) is 4.56. The minimum absolute atomic E-state index is 0.653. The third-order valence-electron chi connectivity index (χ3n) is 1.17. The van der Waals surface area contributed by atoms with E-state index in [4.69, 9.17) is 5.21 Å². The van der Waals surface area contributed by atoms with Crippen LogP contribution in [0.15, 0.2) is 17.8 Å². The zero-order valence-electron chi connectivity index (χ0n) is 5.89. The lowest BCUT2D eigenvalue weighted by atomic mass is 10.2. The Kier molecular flexibility index (Phi) is 6.59. The maximum Gasteiger partial charge on any atom is 0.0676 e. The Balaban J connectivity index is 3.36. The number of allylic oxidation sites excluding steroid dienone is 1. The van der Waals surface area contributed by atoms with Crippen molar-refractivity contribution in [1.29, 1.82) is 0 Å². The Labute approximate surface area is 69.8 Å². The van der Waals surface area contributed by atoms with Crippen molar-refractivity contribution in [1.82, 2.24) is 0 Å². The number of rotatable bonds is 5. The molecule has 1 N–H and O–H groups in total. The van der Waals surface area contributed by atoms with Crippen LogP contribution >= 0.6 is 15.9 Å². The lowest BCUT2D eigenvalue weighted by Crippen LogP contribution is -1.98. The molecule has 0 aliphatic rings. The second kappa shape index (κ2) is 6.81. The molecule has 0 spiro atoms. The molecule has 0 radical (unpaired) electrons. The first-order valence-corrected chi connectivity index (χ1v) is 4.34. The molecule has 0 heterocycles. The van der Waals surface area contributed by atoms with E-state index in [2.05, 4.69) is 27.7 Å². The van der Waals surface area contributed by atoms with Crippen LogP contribution in [0.3, 0.4) is 0 Å². The van der Waals surface area contributed by atoms with Gasteiger partial charge in [-0.1, -0.05) is 27.2 Å². The first-order valence-electron chi connectivity index (χ1n) is 3.21. The van der Waals surface area contributed by atoms with Crippen LogP contribution in [0.5, 0.6) is 0 Å². The molecule has 0 saturated carbocycles. The fourth-order valence-corrected chi connectivity index (χ4v) is 0.987. The van der Waals surface area contributed by atoms with Gasteiger partial charge in [0.1, 0.15) is 0 Å². The molecular weight excluding hydrogens is 194 g/mol. The van der Waals surface area contributed by atoms with Gasteiger partial charge in [-0.3, -0.25) is 0 Å². The number of oxime groups is 1. The molecule has 0 aromatic heterocycles. The molecule has 0 aliphatic carbocycles. The van der Waals surface area contributed by atoms with Crippen LogP contribution < -0.4 is 0 Å². The second-order valence-corrected chi connectivity index (χ2v) is 2.54. The number of alkyl halides is 1. The summed E-state index contributed by atoms with van der Waals surface area (Å²) in [6.45, 7) is 3.60. The molecule has 0 bridgehead atoms. The minimum Gasteiger partial charge on any atom is -0.411 e. The predicted molar refractivity (Wildman–Crippen MR) is 47.1 cm³/mol. The third-order valence-corrected chi connectivity index (χ3v) is 1.82. The van der Waals surface area contributed by atoms with Crippen molar-refractivity contribution in [2.75, 3.05) is 5.33 Å². The van der Waals surface area contributed by atoms with Gasteiger partial charge in [0, 0.05) is 5.33 Å². The number of nitrogens with zero attached hydrogens (tertiary/aromatic N) is 1. The Morgan fingerprint density at radius 1 is 1.70 bits per heavy atom. The van der Waals surface area contributed by atoms with E-state index in [-0.39, 0.29) is 0 Å². The van der Waals surface area contributed by atoms with E-state index in [0.29, 0.717) is 5.33 Å². The van der Waals surface area contributed by atoms with Gasteiger partial charge in [0.05, 0.1) is 5.71 Å². The van der Waals surface area contributed by atoms with Gasteiger partial charge >= 0.3 is 0 Å². The topological polar surface area (TPSA) is 32.6 Å². The number of hydrogen-bond donors (Lipinski definition) is 1. The molecule has 0 aliphatic heterocycles. The van der Waals surface area contributed by atoms with Gasteiger partial charge in [-0.2, -0.15) is 0 Å². The molecule has 0 rings (SSSR count). The highest BCUT2D eigenvalue weighted by Gasteiger charge is 1.95. The van der Waals surface area contributed by atoms with Gasteiger partial charge in [-0.15, -0.1) is 6.58 Å². The van der Waals surface area contributed by atoms with Gasteiger partial charge in [0.2, 0.25) is 0 Å². The van der Waals surface area contributed by atoms with Gasteiger partial charge in [-0.05, 0) is 19.3 Å². The number of hydrogen-bond acceptors (Lipinski definition) is 2. The zero-order valence-corrected chi connectivity index (χ0v) is 7.47. The van der Waals surface area contributed by atoms with Crippen LogP contribution in [0.2, 0.25) is 0 Å². The van der Waals surface area contributed by atoms with Gasteiger partial charge in [0.25, 0.3) is 0 Å². The smallest absolute Gasteiger partial charge is 0.0676 e. The number of halogens is 1. The summed E-state index contributed by atoms with van der Waals surface area (Å²) in [6.07, 6.45) is 4.69. The molecule has 58 valence electrons. The van der Waals surface area contributed by atoms with Crippen molar-refractivity contribution in [2.45, 2.75) is 19.3 Å². The summed E-state index contributed by atoms with van der Waals surface area (Å²) in [5.41, 5.74) is 0.793. The average Bonchev–Trinajstić information content (AvgIpc) is 1.99. The van der Waals surface area contributed by atoms with Crippen LogP contribution in [0.25, 0.3) is 0 Å². The van der Waals surface area contributed by atoms with Crippen molar-refractivity contribution in [3.05, 3.63) is 12.7 Å². The molecule has 2 nitrogen and oxygen atoms in total. The van der Waals surface area contributed by atoms with E-state index in [1.54, 1.807) is 0 Å². The zero-order chi connectivity index (χ0) is 7.82. The van der Waals surface area contributed by atoms with Gasteiger partial charge in [0.15, 0.2) is 0 Å². The lowest BCUT2D eigenvalue weighted by molar-refractivity contribution is 0.317. The molecule has 3 heteroatoms. The SMILES string of the molecule is C=CCCC/C(CBr)=N\O. The van der Waals surface area contributed by atoms with Crippen LogP contribution in [0, 0.1) is 0 Å². The molecule has 0 aromatic carbocycles. The molecule has 0 aromatic rings. The summed E-state index contributed by atoms with van der Waals surface area (Å²) >= 11 is 3.21. The number of unbranched alkanes of at least 4 members (excludes halogenated alkanes) is 1. The predicted octanol–water partition coefficient (Wildman–Crippen LogP) is 2.57. The molecule has 0 saturated heterocycles. The van der Waals surface area contributed by atoms with E-state index in [1.807, 2.05) is 6.08 Å². The van der Waals surface area contributed by atoms with Crippen LogP contribution in [0.1, 0.15) is 19.3 Å². The van der Waals surface area contributed by atoms with E-state index in [0.717, 1.165) is 25.0 Å². The summed E-state index contributed by atoms with van der Waals surface area (Å²) in [5, 5.41) is 12.1. The molecule has 0 fully saturated rings. The normalized spacial score (nSPS) is 11.5. The molecule has 0 amide bonds. The first-order chi connectivity index (χ1) is 4.85. The average molecular weight is 206 g/mol. The molecule has 0 unspecified atom stereocenters.